The van der Waals surface area contributed by atoms with Crippen molar-refractivity contribution in [3.8, 4) is 0 Å². The Hall–Kier alpha value is -1.25. The molecule has 1 N–H and O–H groups in total. The molecule has 82 valence electrons. The number of benzene rings is 1. The molecule has 0 fully saturated rings. The summed E-state index contributed by atoms with van der Waals surface area (Å²) in [5.41, 5.74) is 0.284. The zero-order valence-corrected chi connectivity index (χ0v) is 9.19. The lowest BCUT2D eigenvalue weighted by atomic mass is 10.1. The molecule has 1 aromatic rings. The van der Waals surface area contributed by atoms with Gasteiger partial charge >= 0.3 is 28.6 Å². The molecule has 1 aromatic carbocycles. The molecule has 1 rings (SSSR count). The molecule has 0 spiro atoms. The molecule has 0 saturated heterocycles. The largest absolute Gasteiger partial charge is 0.650 e. The van der Waals surface area contributed by atoms with Gasteiger partial charge in [0.1, 0.15) is 0 Å². The van der Waals surface area contributed by atoms with E-state index in [2.05, 4.69) is 3.79 Å². The highest BCUT2D eigenvalue weighted by molar-refractivity contribution is 6.06. The molecule has 0 aliphatic carbocycles. The van der Waals surface area contributed by atoms with E-state index in [1.807, 2.05) is 0 Å². The van der Waals surface area contributed by atoms with Crippen molar-refractivity contribution in [2.75, 3.05) is 0 Å². The fourth-order valence-electron chi connectivity index (χ4n) is 0.999. The summed E-state index contributed by atoms with van der Waals surface area (Å²) in [6.45, 7) is 0. The van der Waals surface area contributed by atoms with E-state index < -0.39 is 17.7 Å². The highest BCUT2D eigenvalue weighted by Gasteiger charge is 2.35. The molecule has 0 atom stereocenters. The second-order valence-electron chi connectivity index (χ2n) is 2.88. The Morgan fingerprint density at radius 2 is 1.81 bits per heavy atom. The number of hydrogen-bond donors (Lipinski definition) is 0. The van der Waals surface area contributed by atoms with Crippen LogP contribution in [0.3, 0.4) is 0 Å². The van der Waals surface area contributed by atoms with Crippen molar-refractivity contribution in [2.24, 2.45) is 0 Å². The van der Waals surface area contributed by atoms with E-state index in [9.17, 15) is 18.0 Å². The second kappa shape index (κ2) is 5.19. The Morgan fingerprint density at radius 1 is 1.25 bits per heavy atom. The molecule has 6 heteroatoms. The Morgan fingerprint density at radius 3 is 2.25 bits per heavy atom. The molecule has 0 heterocycles. The second-order valence-corrected chi connectivity index (χ2v) is 3.11. The Labute approximate surface area is 98.5 Å². The van der Waals surface area contributed by atoms with Crippen LogP contribution in [0.1, 0.15) is 5.56 Å². The fraction of sp³-hybridized carbons (Fsp3) is 0.100. The van der Waals surface area contributed by atoms with Gasteiger partial charge in [-0.25, -0.2) is 0 Å². The minimum absolute atomic E-state index is 0.284. The van der Waals surface area contributed by atoms with Crippen LogP contribution >= 0.6 is 0 Å². The summed E-state index contributed by atoms with van der Waals surface area (Å²) in [7, 11) is 0. The molecule has 0 saturated carbocycles. The number of allylic oxidation sites excluding steroid dienone is 2. The normalized spacial score (nSPS) is 12.3. The number of alkyl halides is 3. The predicted octanol–water partition coefficient (Wildman–Crippen LogP) is 2.13. The average Bonchev–Trinajstić information content (AvgIpc) is 2.25. The number of carbonyl (C=O) groups excluding carboxylic acids is 1. The summed E-state index contributed by atoms with van der Waals surface area (Å²) < 4.78 is 40.9. The standard InChI is InChI=1S/C10H7F3O2.Al/c11-10(12,13)9(15)6-8(14)7-4-2-1-3-5-7;/h1-6,15H;/q;+1/b9-6-;. The molecule has 0 bridgehead atoms. The molecule has 2 radical (unpaired) electrons. The molecule has 0 aliphatic heterocycles. The van der Waals surface area contributed by atoms with Crippen molar-refractivity contribution < 1.29 is 21.8 Å². The molecule has 0 amide bonds. The third-order valence-corrected chi connectivity index (χ3v) is 2.00. The minimum Gasteiger partial charge on any atom is -0.650 e. The van der Waals surface area contributed by atoms with Crippen molar-refractivity contribution in [3.63, 3.8) is 0 Å². The van der Waals surface area contributed by atoms with E-state index in [1.54, 1.807) is 18.2 Å². The number of halogens is 3. The van der Waals surface area contributed by atoms with Gasteiger partial charge in [-0.05, 0) is 12.1 Å². The Balaban J connectivity index is 2.96. The van der Waals surface area contributed by atoms with E-state index in [0.717, 1.165) is 0 Å². The van der Waals surface area contributed by atoms with Crippen molar-refractivity contribution in [3.05, 3.63) is 47.7 Å². The van der Waals surface area contributed by atoms with Crippen LogP contribution in [0.5, 0.6) is 0 Å². The maximum Gasteiger partial charge on any atom is 0.482 e. The maximum atomic E-state index is 12.3. The first kappa shape index (κ1) is 12.8. The average molecular weight is 243 g/mol. The van der Waals surface area contributed by atoms with Crippen LogP contribution < -0.4 is 0 Å². The van der Waals surface area contributed by atoms with Crippen LogP contribution in [0.25, 0.3) is 0 Å². The summed E-state index contributed by atoms with van der Waals surface area (Å²) in [5.74, 6) is -1.78. The third-order valence-electron chi connectivity index (χ3n) is 1.74. The van der Waals surface area contributed by atoms with Crippen LogP contribution in [0, 0.1) is 0 Å². The van der Waals surface area contributed by atoms with Gasteiger partial charge < -0.3 is 3.79 Å². The Kier molecular flexibility index (Phi) is 4.16. The van der Waals surface area contributed by atoms with E-state index >= 15 is 0 Å². The lowest BCUT2D eigenvalue weighted by Crippen LogP contribution is -2.16. The smallest absolute Gasteiger partial charge is 0.482 e. The van der Waals surface area contributed by atoms with Gasteiger partial charge in [0.05, 0.1) is 11.6 Å². The topological polar surface area (TPSA) is 30.6 Å². The number of ketones is 1. The van der Waals surface area contributed by atoms with E-state index in [1.165, 1.54) is 28.8 Å². The molecule has 0 unspecified atom stereocenters. The van der Waals surface area contributed by atoms with Crippen LogP contribution in [-0.2, 0) is 3.79 Å². The molecule has 16 heavy (non-hydrogen) atoms. The summed E-state index contributed by atoms with van der Waals surface area (Å²) >= 11 is 1.50. The zero-order chi connectivity index (χ0) is 12.2. The number of hydrogen-bond acceptors (Lipinski definition) is 1. The van der Waals surface area contributed by atoms with Gasteiger partial charge in [0.2, 0.25) is 0 Å². The van der Waals surface area contributed by atoms with Crippen molar-refractivity contribution >= 4 is 22.4 Å². The van der Waals surface area contributed by atoms with E-state index in [0.29, 0.717) is 6.08 Å². The van der Waals surface area contributed by atoms with E-state index in [4.69, 9.17) is 0 Å². The lowest BCUT2D eigenvalue weighted by Gasteiger charge is -2.10. The maximum absolute atomic E-state index is 12.3. The van der Waals surface area contributed by atoms with Gasteiger partial charge in [-0.2, -0.15) is 13.2 Å². The van der Waals surface area contributed by atoms with Crippen LogP contribution in [0.15, 0.2) is 42.2 Å². The summed E-state index contributed by atoms with van der Waals surface area (Å²) in [4.78, 5) is 9.44. The minimum atomic E-state index is -4.63. The van der Waals surface area contributed by atoms with Gasteiger partial charge in [-0.3, -0.25) is 4.79 Å². The monoisotopic (exact) mass is 243 g/mol. The lowest BCUT2D eigenvalue weighted by molar-refractivity contribution is -0.115. The van der Waals surface area contributed by atoms with Crippen LogP contribution in [-0.4, -0.2) is 33.4 Å². The molecular formula is C10H7AlF3O2+. The summed E-state index contributed by atoms with van der Waals surface area (Å²) in [5, 5.41) is 0. The first-order chi connectivity index (χ1) is 7.45. The third kappa shape index (κ3) is 3.40. The quantitative estimate of drug-likeness (QED) is 0.263. The van der Waals surface area contributed by atoms with Gasteiger partial charge in [0.15, 0.2) is 5.76 Å². The predicted molar refractivity (Wildman–Crippen MR) is 53.5 cm³/mol. The fourth-order valence-corrected chi connectivity index (χ4v) is 1.20. The van der Waals surface area contributed by atoms with Gasteiger partial charge in [-0.15, -0.1) is 0 Å². The van der Waals surface area contributed by atoms with E-state index in [-0.39, 0.29) is 5.56 Å². The van der Waals surface area contributed by atoms with Crippen molar-refractivity contribution in [2.45, 2.75) is 6.18 Å². The summed E-state index contributed by atoms with van der Waals surface area (Å²) in [6, 6.07) is 7.88. The van der Waals surface area contributed by atoms with Gasteiger partial charge in [-0.1, -0.05) is 18.2 Å². The van der Waals surface area contributed by atoms with Crippen molar-refractivity contribution in [1.82, 2.24) is 0 Å². The Bertz CT molecular complexity index is 398. The highest BCUT2D eigenvalue weighted by atomic mass is 27.1. The molecule has 2 nitrogen and oxygen atoms in total. The van der Waals surface area contributed by atoms with Crippen LogP contribution in [0.2, 0.25) is 0 Å². The first-order valence-corrected chi connectivity index (χ1v) is 4.69. The molecule has 0 aromatic heterocycles. The molecular weight excluding hydrogens is 236 g/mol. The summed E-state index contributed by atoms with van der Waals surface area (Å²) in [6.07, 6.45) is -4.10. The highest BCUT2D eigenvalue weighted by Crippen LogP contribution is 2.25. The first-order valence-electron chi connectivity index (χ1n) is 4.22. The SMILES string of the molecule is [OH+]=C(/C=C(\[O][Al])C(F)(F)F)c1ccccc1. The zero-order valence-electron chi connectivity index (χ0n) is 8.03. The molecule has 0 aliphatic rings. The van der Waals surface area contributed by atoms with Gasteiger partial charge in [0, 0.05) is 0 Å². The van der Waals surface area contributed by atoms with Gasteiger partial charge in [0.25, 0.3) is 0 Å². The van der Waals surface area contributed by atoms with Crippen molar-refractivity contribution in [1.29, 1.82) is 0 Å². The van der Waals surface area contributed by atoms with Crippen LogP contribution in [0.4, 0.5) is 13.2 Å². The number of rotatable bonds is 3.